The van der Waals surface area contributed by atoms with Crippen molar-refractivity contribution in [2.24, 2.45) is 0 Å². The van der Waals surface area contributed by atoms with Crippen LogP contribution in [-0.4, -0.2) is 49.8 Å². The summed E-state index contributed by atoms with van der Waals surface area (Å²) in [5, 5.41) is 3.41. The van der Waals surface area contributed by atoms with Crippen molar-refractivity contribution in [2.75, 3.05) is 39.3 Å². The normalized spacial score (nSPS) is 34.9. The van der Waals surface area contributed by atoms with Crippen LogP contribution in [0, 0.1) is 0 Å². The maximum atomic E-state index is 5.84. The second-order valence-corrected chi connectivity index (χ2v) is 4.77. The zero-order valence-corrected chi connectivity index (χ0v) is 9.22. The second-order valence-electron chi connectivity index (χ2n) is 4.77. The zero-order chi connectivity index (χ0) is 9.86. The van der Waals surface area contributed by atoms with Gasteiger partial charge < -0.3 is 15.0 Å². The molecule has 0 aliphatic carbocycles. The molecule has 3 heteroatoms. The smallest absolute Gasteiger partial charge is 0.0791 e. The Bertz CT molecular complexity index is 172. The van der Waals surface area contributed by atoms with E-state index in [4.69, 9.17) is 4.74 Å². The molecule has 0 aromatic heterocycles. The highest BCUT2D eigenvalue weighted by atomic mass is 16.5. The van der Waals surface area contributed by atoms with Crippen LogP contribution in [0.25, 0.3) is 0 Å². The topological polar surface area (TPSA) is 24.5 Å². The summed E-state index contributed by atoms with van der Waals surface area (Å²) in [4.78, 5) is 2.56. The average molecular weight is 198 g/mol. The lowest BCUT2D eigenvalue weighted by atomic mass is 10.0. The summed E-state index contributed by atoms with van der Waals surface area (Å²) in [5.74, 6) is 0. The van der Waals surface area contributed by atoms with Crippen LogP contribution in [0.1, 0.15) is 26.2 Å². The number of ether oxygens (including phenoxy) is 1. The first-order chi connectivity index (χ1) is 6.79. The molecule has 0 aromatic rings. The minimum absolute atomic E-state index is 0.0842. The first-order valence-corrected chi connectivity index (χ1v) is 5.86. The van der Waals surface area contributed by atoms with Gasteiger partial charge in [0.05, 0.1) is 12.2 Å². The molecular weight excluding hydrogens is 176 g/mol. The highest BCUT2D eigenvalue weighted by Crippen LogP contribution is 2.19. The Kier molecular flexibility index (Phi) is 3.42. The van der Waals surface area contributed by atoms with Gasteiger partial charge in [-0.3, -0.25) is 0 Å². The van der Waals surface area contributed by atoms with Crippen molar-refractivity contribution in [3.63, 3.8) is 0 Å². The molecule has 2 rings (SSSR count). The summed E-state index contributed by atoms with van der Waals surface area (Å²) >= 11 is 0. The van der Waals surface area contributed by atoms with Gasteiger partial charge >= 0.3 is 0 Å². The van der Waals surface area contributed by atoms with Crippen LogP contribution >= 0.6 is 0 Å². The lowest BCUT2D eigenvalue weighted by Crippen LogP contribution is -2.49. The van der Waals surface area contributed by atoms with Gasteiger partial charge in [-0.1, -0.05) is 0 Å². The van der Waals surface area contributed by atoms with E-state index < -0.39 is 0 Å². The van der Waals surface area contributed by atoms with Crippen LogP contribution < -0.4 is 5.32 Å². The molecule has 2 heterocycles. The lowest BCUT2D eigenvalue weighted by Gasteiger charge is -2.35. The molecule has 2 aliphatic heterocycles. The predicted molar refractivity (Wildman–Crippen MR) is 57.5 cm³/mol. The summed E-state index contributed by atoms with van der Waals surface area (Å²) < 4.78 is 5.84. The maximum Gasteiger partial charge on any atom is 0.0791 e. The molecule has 0 aromatic carbocycles. The third-order valence-corrected chi connectivity index (χ3v) is 3.38. The lowest BCUT2D eigenvalue weighted by molar-refractivity contribution is -0.0612. The summed E-state index contributed by atoms with van der Waals surface area (Å²) in [5.41, 5.74) is 0.0842. The van der Waals surface area contributed by atoms with Crippen LogP contribution in [0.15, 0.2) is 0 Å². The molecule has 0 spiro atoms. The molecule has 2 aliphatic rings. The molecule has 0 bridgehead atoms. The number of morpholine rings is 1. The molecule has 2 saturated heterocycles. The van der Waals surface area contributed by atoms with Crippen LogP contribution in [-0.2, 0) is 4.74 Å². The SMILES string of the molecule is CC1(CCN2CCCC2)CNCCO1. The minimum atomic E-state index is 0.0842. The fourth-order valence-corrected chi connectivity index (χ4v) is 2.33. The second kappa shape index (κ2) is 4.60. The van der Waals surface area contributed by atoms with Gasteiger partial charge in [-0.15, -0.1) is 0 Å². The van der Waals surface area contributed by atoms with Crippen molar-refractivity contribution < 1.29 is 4.74 Å². The molecule has 14 heavy (non-hydrogen) atoms. The van der Waals surface area contributed by atoms with Crippen molar-refractivity contribution in [1.82, 2.24) is 10.2 Å². The third-order valence-electron chi connectivity index (χ3n) is 3.38. The van der Waals surface area contributed by atoms with E-state index in [0.29, 0.717) is 0 Å². The summed E-state index contributed by atoms with van der Waals surface area (Å²) in [6, 6.07) is 0. The molecule has 0 radical (unpaired) electrons. The molecule has 1 atom stereocenters. The van der Waals surface area contributed by atoms with Crippen molar-refractivity contribution in [3.8, 4) is 0 Å². The van der Waals surface area contributed by atoms with E-state index in [2.05, 4.69) is 17.1 Å². The van der Waals surface area contributed by atoms with E-state index >= 15 is 0 Å². The van der Waals surface area contributed by atoms with Crippen LogP contribution in [0.3, 0.4) is 0 Å². The molecule has 2 fully saturated rings. The molecule has 1 unspecified atom stereocenters. The van der Waals surface area contributed by atoms with Crippen LogP contribution in [0.2, 0.25) is 0 Å². The van der Waals surface area contributed by atoms with E-state index in [1.165, 1.54) is 38.9 Å². The Balaban J connectivity index is 1.72. The van der Waals surface area contributed by atoms with E-state index in [1.807, 2.05) is 0 Å². The number of hydrogen-bond acceptors (Lipinski definition) is 3. The Morgan fingerprint density at radius 1 is 1.36 bits per heavy atom. The largest absolute Gasteiger partial charge is 0.373 e. The van der Waals surface area contributed by atoms with Gasteiger partial charge in [-0.05, 0) is 39.3 Å². The van der Waals surface area contributed by atoms with E-state index in [0.717, 1.165) is 19.7 Å². The highest BCUT2D eigenvalue weighted by molar-refractivity contribution is 4.83. The van der Waals surface area contributed by atoms with Gasteiger partial charge in [0.15, 0.2) is 0 Å². The Morgan fingerprint density at radius 3 is 2.79 bits per heavy atom. The molecule has 82 valence electrons. The summed E-state index contributed by atoms with van der Waals surface area (Å²) in [6.07, 6.45) is 3.94. The van der Waals surface area contributed by atoms with E-state index in [1.54, 1.807) is 0 Å². The fourth-order valence-electron chi connectivity index (χ4n) is 2.33. The van der Waals surface area contributed by atoms with Gasteiger partial charge in [0.2, 0.25) is 0 Å². The zero-order valence-electron chi connectivity index (χ0n) is 9.22. The highest BCUT2D eigenvalue weighted by Gasteiger charge is 2.28. The third kappa shape index (κ3) is 2.69. The van der Waals surface area contributed by atoms with Crippen molar-refractivity contribution in [1.29, 1.82) is 0 Å². The van der Waals surface area contributed by atoms with E-state index in [9.17, 15) is 0 Å². The number of nitrogens with one attached hydrogen (secondary N) is 1. The number of nitrogens with zero attached hydrogens (tertiary/aromatic N) is 1. The van der Waals surface area contributed by atoms with Gasteiger partial charge in [0.25, 0.3) is 0 Å². The number of hydrogen-bond donors (Lipinski definition) is 1. The van der Waals surface area contributed by atoms with E-state index in [-0.39, 0.29) is 5.60 Å². The molecule has 0 saturated carbocycles. The van der Waals surface area contributed by atoms with Crippen LogP contribution in [0.5, 0.6) is 0 Å². The van der Waals surface area contributed by atoms with Gasteiger partial charge in [0, 0.05) is 19.6 Å². The summed E-state index contributed by atoms with van der Waals surface area (Å²) in [7, 11) is 0. The Labute approximate surface area is 86.8 Å². The minimum Gasteiger partial charge on any atom is -0.373 e. The molecule has 0 amide bonds. The van der Waals surface area contributed by atoms with Crippen LogP contribution in [0.4, 0.5) is 0 Å². The predicted octanol–water partition coefficient (Wildman–Crippen LogP) is 0.851. The molecule has 1 N–H and O–H groups in total. The van der Waals surface area contributed by atoms with Gasteiger partial charge in [-0.2, -0.15) is 0 Å². The first kappa shape index (κ1) is 10.4. The summed E-state index contributed by atoms with van der Waals surface area (Å²) in [6.45, 7) is 8.93. The number of rotatable bonds is 3. The quantitative estimate of drug-likeness (QED) is 0.727. The molecule has 3 nitrogen and oxygen atoms in total. The monoisotopic (exact) mass is 198 g/mol. The Hall–Kier alpha value is -0.120. The standard InChI is InChI=1S/C11H22N2O/c1-11(10-12-5-9-14-11)4-8-13-6-2-3-7-13/h12H,2-10H2,1H3. The van der Waals surface area contributed by atoms with Gasteiger partial charge in [-0.25, -0.2) is 0 Å². The van der Waals surface area contributed by atoms with Gasteiger partial charge in [0.1, 0.15) is 0 Å². The maximum absolute atomic E-state index is 5.84. The van der Waals surface area contributed by atoms with Crippen molar-refractivity contribution in [3.05, 3.63) is 0 Å². The van der Waals surface area contributed by atoms with Crippen molar-refractivity contribution >= 4 is 0 Å². The first-order valence-electron chi connectivity index (χ1n) is 5.86. The molecular formula is C11H22N2O. The van der Waals surface area contributed by atoms with Crippen molar-refractivity contribution in [2.45, 2.75) is 31.8 Å². The number of likely N-dealkylation sites (tertiary alicyclic amines) is 1. The Morgan fingerprint density at radius 2 is 2.14 bits per heavy atom. The average Bonchev–Trinajstić information content (AvgIpc) is 2.69. The fraction of sp³-hybridized carbons (Fsp3) is 1.00.